The van der Waals surface area contributed by atoms with Crippen LogP contribution in [0.3, 0.4) is 0 Å². The molecule has 106 valence electrons. The maximum absolute atomic E-state index is 4.76. The highest BCUT2D eigenvalue weighted by atomic mass is 32.1. The van der Waals surface area contributed by atoms with Crippen molar-refractivity contribution < 1.29 is 0 Å². The van der Waals surface area contributed by atoms with Gasteiger partial charge in [0, 0.05) is 30.9 Å². The number of thiazole rings is 1. The molecule has 3 rings (SSSR count). The highest BCUT2D eigenvalue weighted by Crippen LogP contribution is 2.19. The first kappa shape index (κ1) is 13.5. The van der Waals surface area contributed by atoms with Crippen molar-refractivity contribution in [2.75, 3.05) is 19.6 Å². The van der Waals surface area contributed by atoms with Gasteiger partial charge in [0.2, 0.25) is 0 Å². The molecular formula is C15H25N3S. The Morgan fingerprint density at radius 2 is 2.00 bits per heavy atom. The molecule has 0 unspecified atom stereocenters. The van der Waals surface area contributed by atoms with Gasteiger partial charge >= 0.3 is 0 Å². The number of nitrogens with zero attached hydrogens (tertiary/aromatic N) is 2. The zero-order valence-electron chi connectivity index (χ0n) is 11.7. The average Bonchev–Trinajstić information content (AvgIpc) is 3.16. The third kappa shape index (κ3) is 4.01. The van der Waals surface area contributed by atoms with Crippen LogP contribution in [0, 0.1) is 0 Å². The fourth-order valence-electron chi connectivity index (χ4n) is 3.18. The van der Waals surface area contributed by atoms with Crippen LogP contribution in [0.1, 0.15) is 49.2 Å². The summed E-state index contributed by atoms with van der Waals surface area (Å²) in [7, 11) is 0. The lowest BCUT2D eigenvalue weighted by Crippen LogP contribution is -2.25. The summed E-state index contributed by atoms with van der Waals surface area (Å²) in [6, 6.07) is 0.745. The largest absolute Gasteiger partial charge is 0.308 e. The summed E-state index contributed by atoms with van der Waals surface area (Å²) in [4.78, 5) is 7.33. The number of nitrogens with one attached hydrogen (secondary N) is 1. The van der Waals surface area contributed by atoms with Crippen molar-refractivity contribution in [1.29, 1.82) is 0 Å². The van der Waals surface area contributed by atoms with E-state index in [2.05, 4.69) is 15.6 Å². The molecule has 4 heteroatoms. The van der Waals surface area contributed by atoms with Gasteiger partial charge in [-0.25, -0.2) is 4.98 Å². The van der Waals surface area contributed by atoms with E-state index in [1.165, 1.54) is 68.9 Å². The Balaban J connectivity index is 1.40. The Morgan fingerprint density at radius 3 is 2.79 bits per heavy atom. The van der Waals surface area contributed by atoms with Crippen molar-refractivity contribution in [1.82, 2.24) is 15.2 Å². The highest BCUT2D eigenvalue weighted by molar-refractivity contribution is 7.09. The van der Waals surface area contributed by atoms with Gasteiger partial charge in [0.1, 0.15) is 0 Å². The molecular weight excluding hydrogens is 254 g/mol. The van der Waals surface area contributed by atoms with Crippen LogP contribution in [0.25, 0.3) is 0 Å². The average molecular weight is 279 g/mol. The number of hydrogen-bond acceptors (Lipinski definition) is 4. The van der Waals surface area contributed by atoms with Gasteiger partial charge in [0.25, 0.3) is 0 Å². The van der Waals surface area contributed by atoms with Crippen molar-refractivity contribution in [3.05, 3.63) is 16.1 Å². The normalized spacial score (nSPS) is 21.5. The quantitative estimate of drug-likeness (QED) is 0.868. The van der Waals surface area contributed by atoms with E-state index in [4.69, 9.17) is 4.98 Å². The second-order valence-electron chi connectivity index (χ2n) is 5.89. The molecule has 1 aliphatic heterocycles. The molecule has 0 bridgehead atoms. The van der Waals surface area contributed by atoms with Crippen LogP contribution in [0.4, 0.5) is 0 Å². The van der Waals surface area contributed by atoms with E-state index < -0.39 is 0 Å². The molecule has 1 aliphatic carbocycles. The molecule has 0 atom stereocenters. The number of hydrogen-bond donors (Lipinski definition) is 1. The molecule has 0 aromatic carbocycles. The van der Waals surface area contributed by atoms with Gasteiger partial charge in [-0.1, -0.05) is 12.8 Å². The molecule has 0 amide bonds. The van der Waals surface area contributed by atoms with Gasteiger partial charge in [-0.05, 0) is 38.8 Å². The van der Waals surface area contributed by atoms with Crippen LogP contribution in [0.2, 0.25) is 0 Å². The van der Waals surface area contributed by atoms with E-state index in [1.54, 1.807) is 0 Å². The van der Waals surface area contributed by atoms with E-state index in [9.17, 15) is 0 Å². The number of likely N-dealkylation sites (tertiary alicyclic amines) is 1. The molecule has 1 aromatic heterocycles. The maximum Gasteiger partial charge on any atom is 0.0941 e. The van der Waals surface area contributed by atoms with E-state index >= 15 is 0 Å². The van der Waals surface area contributed by atoms with Crippen molar-refractivity contribution >= 4 is 11.3 Å². The van der Waals surface area contributed by atoms with Crippen molar-refractivity contribution in [2.24, 2.45) is 0 Å². The fraction of sp³-hybridized carbons (Fsp3) is 0.800. The lowest BCUT2D eigenvalue weighted by molar-refractivity contribution is 0.343. The Labute approximate surface area is 120 Å². The molecule has 19 heavy (non-hydrogen) atoms. The van der Waals surface area contributed by atoms with Crippen LogP contribution in [-0.4, -0.2) is 35.6 Å². The molecule has 1 aromatic rings. The molecule has 1 N–H and O–H groups in total. The second kappa shape index (κ2) is 6.82. The summed E-state index contributed by atoms with van der Waals surface area (Å²) >= 11 is 1.84. The zero-order chi connectivity index (χ0) is 12.9. The minimum absolute atomic E-state index is 0.745. The fourth-order valence-corrected chi connectivity index (χ4v) is 3.97. The van der Waals surface area contributed by atoms with Crippen molar-refractivity contribution in [3.8, 4) is 0 Å². The molecule has 1 saturated carbocycles. The van der Waals surface area contributed by atoms with Crippen molar-refractivity contribution in [2.45, 2.75) is 57.5 Å². The lowest BCUT2D eigenvalue weighted by atomic mass is 10.2. The summed E-state index contributed by atoms with van der Waals surface area (Å²) in [6.45, 7) is 4.75. The van der Waals surface area contributed by atoms with Crippen LogP contribution in [0.5, 0.6) is 0 Å². The zero-order valence-corrected chi connectivity index (χ0v) is 12.6. The predicted octanol–water partition coefficient (Wildman–Crippen LogP) is 2.81. The Hall–Kier alpha value is -0.450. The first-order valence-electron chi connectivity index (χ1n) is 7.79. The van der Waals surface area contributed by atoms with Crippen LogP contribution in [-0.2, 0) is 13.0 Å². The lowest BCUT2D eigenvalue weighted by Gasteiger charge is -2.12. The molecule has 2 heterocycles. The van der Waals surface area contributed by atoms with Gasteiger partial charge in [-0.3, -0.25) is 0 Å². The third-order valence-corrected chi connectivity index (χ3v) is 5.32. The third-order valence-electron chi connectivity index (χ3n) is 4.37. The summed E-state index contributed by atoms with van der Waals surface area (Å²) in [5, 5.41) is 7.19. The summed E-state index contributed by atoms with van der Waals surface area (Å²) < 4.78 is 0. The Morgan fingerprint density at radius 1 is 1.21 bits per heavy atom. The van der Waals surface area contributed by atoms with E-state index in [-0.39, 0.29) is 0 Å². The van der Waals surface area contributed by atoms with Gasteiger partial charge in [0.15, 0.2) is 0 Å². The monoisotopic (exact) mass is 279 g/mol. The first-order valence-corrected chi connectivity index (χ1v) is 8.67. The van der Waals surface area contributed by atoms with Crippen molar-refractivity contribution in [3.63, 3.8) is 0 Å². The van der Waals surface area contributed by atoms with Gasteiger partial charge in [0.05, 0.1) is 10.7 Å². The molecule has 2 fully saturated rings. The maximum atomic E-state index is 4.76. The van der Waals surface area contributed by atoms with Gasteiger partial charge < -0.3 is 10.2 Å². The second-order valence-corrected chi connectivity index (χ2v) is 6.84. The highest BCUT2D eigenvalue weighted by Gasteiger charge is 2.15. The van der Waals surface area contributed by atoms with E-state index in [0.29, 0.717) is 0 Å². The van der Waals surface area contributed by atoms with E-state index in [1.807, 2.05) is 11.3 Å². The van der Waals surface area contributed by atoms with Crippen LogP contribution in [0.15, 0.2) is 5.38 Å². The van der Waals surface area contributed by atoms with Gasteiger partial charge in [-0.2, -0.15) is 0 Å². The number of aromatic nitrogens is 1. The Kier molecular flexibility index (Phi) is 4.86. The minimum atomic E-state index is 0.745. The van der Waals surface area contributed by atoms with E-state index in [0.717, 1.165) is 19.0 Å². The van der Waals surface area contributed by atoms with Crippen LogP contribution >= 0.6 is 11.3 Å². The molecule has 0 spiro atoms. The summed E-state index contributed by atoms with van der Waals surface area (Å²) in [5.41, 5.74) is 1.24. The first-order chi connectivity index (χ1) is 9.40. The Bertz CT molecular complexity index is 344. The predicted molar refractivity (Wildman–Crippen MR) is 80.6 cm³/mol. The molecule has 3 nitrogen and oxygen atoms in total. The topological polar surface area (TPSA) is 28.2 Å². The SMILES string of the molecule is c1sc(CCN2CCCC2)nc1CNC1CCCC1. The molecule has 1 saturated heterocycles. The van der Waals surface area contributed by atoms with Gasteiger partial charge in [-0.15, -0.1) is 11.3 Å². The molecule has 2 aliphatic rings. The number of rotatable bonds is 6. The molecule has 0 radical (unpaired) electrons. The summed E-state index contributed by atoms with van der Waals surface area (Å²) in [5.74, 6) is 0. The standard InChI is InChI=1S/C15H25N3S/c1-2-6-13(5-1)16-11-14-12-19-15(17-14)7-10-18-8-3-4-9-18/h12-13,16H,1-11H2. The summed E-state index contributed by atoms with van der Waals surface area (Å²) in [6.07, 6.45) is 9.40. The van der Waals surface area contributed by atoms with Crippen LogP contribution < -0.4 is 5.32 Å². The smallest absolute Gasteiger partial charge is 0.0941 e. The minimum Gasteiger partial charge on any atom is -0.308 e.